The molecule has 1 aromatic rings. The van der Waals surface area contributed by atoms with Gasteiger partial charge in [-0.15, -0.1) is 0 Å². The number of thioether (sulfide) groups is 1. The molecule has 108 valence electrons. The molecule has 0 aliphatic heterocycles. The predicted molar refractivity (Wildman–Crippen MR) is 83.0 cm³/mol. The van der Waals surface area contributed by atoms with Gasteiger partial charge in [-0.25, -0.2) is 8.42 Å². The fraction of sp³-hybridized carbons (Fsp3) is 0.538. The van der Waals surface area contributed by atoms with Crippen LogP contribution in [0.4, 0.5) is 5.69 Å². The van der Waals surface area contributed by atoms with Crippen molar-refractivity contribution in [1.82, 2.24) is 4.31 Å². The minimum Gasteiger partial charge on any atom is -0.398 e. The maximum absolute atomic E-state index is 12.5. The largest absolute Gasteiger partial charge is 0.398 e. The molecule has 0 aliphatic rings. The van der Waals surface area contributed by atoms with E-state index in [0.717, 1.165) is 17.7 Å². The number of rotatable bonds is 6. The Morgan fingerprint density at radius 2 is 2.05 bits per heavy atom. The summed E-state index contributed by atoms with van der Waals surface area (Å²) in [6.45, 7) is 3.86. The van der Waals surface area contributed by atoms with Crippen molar-refractivity contribution < 1.29 is 8.42 Å². The number of nitrogens with zero attached hydrogens (tertiary/aromatic N) is 1. The normalized spacial score (nSPS) is 13.7. The van der Waals surface area contributed by atoms with Crippen molar-refractivity contribution in [3.8, 4) is 0 Å². The summed E-state index contributed by atoms with van der Waals surface area (Å²) < 4.78 is 26.5. The minimum absolute atomic E-state index is 0.00234. The highest BCUT2D eigenvalue weighted by Crippen LogP contribution is 2.23. The minimum atomic E-state index is -3.47. The van der Waals surface area contributed by atoms with Gasteiger partial charge in [-0.1, -0.05) is 13.0 Å². The van der Waals surface area contributed by atoms with Gasteiger partial charge in [0.1, 0.15) is 0 Å². The number of nitrogen functional groups attached to an aromatic ring is 1. The number of anilines is 1. The van der Waals surface area contributed by atoms with Crippen molar-refractivity contribution in [2.75, 3.05) is 24.8 Å². The molecule has 0 aliphatic carbocycles. The van der Waals surface area contributed by atoms with E-state index in [-0.39, 0.29) is 10.9 Å². The molecule has 0 bridgehead atoms. The molecule has 0 spiro atoms. The smallest absolute Gasteiger partial charge is 0.243 e. The average Bonchev–Trinajstić information content (AvgIpc) is 2.38. The Kier molecular flexibility index (Phi) is 5.70. The van der Waals surface area contributed by atoms with E-state index in [9.17, 15) is 8.42 Å². The summed E-state index contributed by atoms with van der Waals surface area (Å²) in [5.74, 6) is 0.785. The monoisotopic (exact) mass is 302 g/mol. The molecule has 0 radical (unpaired) electrons. The van der Waals surface area contributed by atoms with Crippen LogP contribution in [0.1, 0.15) is 18.9 Å². The molecule has 0 aromatic heterocycles. The molecule has 0 fully saturated rings. The summed E-state index contributed by atoms with van der Waals surface area (Å²) in [5.41, 5.74) is 7.19. The molecule has 1 atom stereocenters. The Hall–Kier alpha value is -0.720. The van der Waals surface area contributed by atoms with E-state index in [0.29, 0.717) is 5.69 Å². The SMILES string of the molecule is CCC(CSC)N(C)S(=O)(=O)c1ccc(C)c(N)c1. The highest BCUT2D eigenvalue weighted by Gasteiger charge is 2.26. The number of benzene rings is 1. The summed E-state index contributed by atoms with van der Waals surface area (Å²) >= 11 is 1.65. The molecule has 0 amide bonds. The van der Waals surface area contributed by atoms with E-state index < -0.39 is 10.0 Å². The summed E-state index contributed by atoms with van der Waals surface area (Å²) in [6, 6.07) is 4.89. The van der Waals surface area contributed by atoms with Crippen molar-refractivity contribution in [1.29, 1.82) is 0 Å². The Morgan fingerprint density at radius 1 is 1.42 bits per heavy atom. The molecule has 0 saturated heterocycles. The average molecular weight is 302 g/mol. The highest BCUT2D eigenvalue weighted by molar-refractivity contribution is 7.98. The van der Waals surface area contributed by atoms with E-state index in [4.69, 9.17) is 5.73 Å². The lowest BCUT2D eigenvalue weighted by atomic mass is 10.2. The lowest BCUT2D eigenvalue weighted by Gasteiger charge is -2.26. The lowest BCUT2D eigenvalue weighted by molar-refractivity contribution is 0.385. The Bertz CT molecular complexity index is 529. The van der Waals surface area contributed by atoms with E-state index in [2.05, 4.69) is 0 Å². The summed E-state index contributed by atoms with van der Waals surface area (Å²) in [5, 5.41) is 0. The van der Waals surface area contributed by atoms with Crippen LogP contribution in [-0.2, 0) is 10.0 Å². The van der Waals surface area contributed by atoms with Crippen LogP contribution < -0.4 is 5.73 Å². The van der Waals surface area contributed by atoms with Crippen molar-refractivity contribution in [3.63, 3.8) is 0 Å². The van der Waals surface area contributed by atoms with Crippen LogP contribution in [0.2, 0.25) is 0 Å². The van der Waals surface area contributed by atoms with Gasteiger partial charge in [0.05, 0.1) is 4.90 Å². The first kappa shape index (κ1) is 16.3. The molecule has 4 nitrogen and oxygen atoms in total. The number of hydrogen-bond acceptors (Lipinski definition) is 4. The maximum Gasteiger partial charge on any atom is 0.243 e. The molecule has 0 saturated carbocycles. The van der Waals surface area contributed by atoms with Crippen molar-refractivity contribution in [2.24, 2.45) is 0 Å². The van der Waals surface area contributed by atoms with Gasteiger partial charge >= 0.3 is 0 Å². The zero-order valence-corrected chi connectivity index (χ0v) is 13.5. The van der Waals surface area contributed by atoms with E-state index in [1.54, 1.807) is 30.9 Å². The number of sulfonamides is 1. The van der Waals surface area contributed by atoms with Crippen LogP contribution in [0, 0.1) is 6.92 Å². The second-order valence-corrected chi connectivity index (χ2v) is 7.47. The van der Waals surface area contributed by atoms with Gasteiger partial charge in [0.25, 0.3) is 0 Å². The molecule has 1 rings (SSSR count). The number of nitrogens with two attached hydrogens (primary N) is 1. The van der Waals surface area contributed by atoms with Crippen molar-refractivity contribution >= 4 is 27.5 Å². The third-order valence-corrected chi connectivity index (χ3v) is 5.90. The Balaban J connectivity index is 3.11. The predicted octanol–water partition coefficient (Wildman–Crippen LogP) is 2.34. The molecular weight excluding hydrogens is 280 g/mol. The third-order valence-electron chi connectivity index (χ3n) is 3.27. The molecule has 6 heteroatoms. The summed E-state index contributed by atoms with van der Waals surface area (Å²) in [4.78, 5) is 0.262. The Morgan fingerprint density at radius 3 is 2.53 bits per heavy atom. The molecular formula is C13H22N2O2S2. The zero-order valence-electron chi connectivity index (χ0n) is 11.9. The fourth-order valence-corrected chi connectivity index (χ4v) is 4.22. The van der Waals surface area contributed by atoms with Gasteiger partial charge in [-0.2, -0.15) is 16.1 Å². The number of aryl methyl sites for hydroxylation is 1. The van der Waals surface area contributed by atoms with E-state index >= 15 is 0 Å². The van der Waals surface area contributed by atoms with Crippen molar-refractivity contribution in [2.45, 2.75) is 31.2 Å². The van der Waals surface area contributed by atoms with Crippen LogP contribution in [0.15, 0.2) is 23.1 Å². The standard InChI is InChI=1S/C13H22N2O2S2/c1-5-11(9-18-4)15(3)19(16,17)12-7-6-10(2)13(14)8-12/h6-8,11H,5,9,14H2,1-4H3. The summed E-state index contributed by atoms with van der Waals surface area (Å²) in [6.07, 6.45) is 2.77. The van der Waals surface area contributed by atoms with Crippen LogP contribution in [-0.4, -0.2) is 37.8 Å². The van der Waals surface area contributed by atoms with E-state index in [1.165, 1.54) is 10.4 Å². The third kappa shape index (κ3) is 3.64. The van der Waals surface area contributed by atoms with Crippen LogP contribution in [0.3, 0.4) is 0 Å². The van der Waals surface area contributed by atoms with Crippen LogP contribution >= 0.6 is 11.8 Å². The van der Waals surface area contributed by atoms with Gasteiger partial charge in [-0.3, -0.25) is 0 Å². The van der Waals surface area contributed by atoms with Gasteiger partial charge in [0.2, 0.25) is 10.0 Å². The maximum atomic E-state index is 12.5. The number of hydrogen-bond donors (Lipinski definition) is 1. The fourth-order valence-electron chi connectivity index (χ4n) is 1.81. The second kappa shape index (κ2) is 6.63. The molecule has 1 unspecified atom stereocenters. The molecule has 0 heterocycles. The van der Waals surface area contributed by atoms with Crippen LogP contribution in [0.25, 0.3) is 0 Å². The van der Waals surface area contributed by atoms with Gasteiger partial charge in [0.15, 0.2) is 0 Å². The topological polar surface area (TPSA) is 63.4 Å². The Labute approximate surface area is 120 Å². The van der Waals surface area contributed by atoms with Crippen molar-refractivity contribution in [3.05, 3.63) is 23.8 Å². The quantitative estimate of drug-likeness (QED) is 0.819. The first-order valence-electron chi connectivity index (χ1n) is 6.17. The van der Waals surface area contributed by atoms with Crippen LogP contribution in [0.5, 0.6) is 0 Å². The second-order valence-electron chi connectivity index (χ2n) is 4.56. The molecule has 19 heavy (non-hydrogen) atoms. The van der Waals surface area contributed by atoms with Gasteiger partial charge in [0, 0.05) is 24.5 Å². The van der Waals surface area contributed by atoms with Gasteiger partial charge < -0.3 is 5.73 Å². The first-order chi connectivity index (χ1) is 8.84. The van der Waals surface area contributed by atoms with E-state index in [1.807, 2.05) is 20.1 Å². The zero-order chi connectivity index (χ0) is 14.6. The summed E-state index contributed by atoms with van der Waals surface area (Å²) in [7, 11) is -1.84. The molecule has 2 N–H and O–H groups in total. The highest BCUT2D eigenvalue weighted by atomic mass is 32.2. The first-order valence-corrected chi connectivity index (χ1v) is 9.01. The molecule has 1 aromatic carbocycles. The van der Waals surface area contributed by atoms with Gasteiger partial charge in [-0.05, 0) is 37.3 Å². The lowest BCUT2D eigenvalue weighted by Crippen LogP contribution is -2.38.